The van der Waals surface area contributed by atoms with Crippen molar-refractivity contribution in [3.8, 4) is 0 Å². The number of amides is 1. The van der Waals surface area contributed by atoms with Crippen molar-refractivity contribution in [3.05, 3.63) is 34.2 Å². The Bertz CT molecular complexity index is 612. The van der Waals surface area contributed by atoms with Crippen LogP contribution in [0.2, 0.25) is 0 Å². The highest BCUT2D eigenvalue weighted by atomic mass is 19.4. The zero-order valence-electron chi connectivity index (χ0n) is 12.3. The predicted octanol–water partition coefficient (Wildman–Crippen LogP) is 1.50. The fourth-order valence-electron chi connectivity index (χ4n) is 2.31. The zero-order valence-corrected chi connectivity index (χ0v) is 12.3. The van der Waals surface area contributed by atoms with Crippen LogP contribution in [-0.4, -0.2) is 40.7 Å². The molecule has 22 heavy (non-hydrogen) atoms. The summed E-state index contributed by atoms with van der Waals surface area (Å²) in [6.07, 6.45) is -4.02. The minimum Gasteiger partial charge on any atom is -0.375 e. The summed E-state index contributed by atoms with van der Waals surface area (Å²) in [5.74, 6) is -0.399. The summed E-state index contributed by atoms with van der Waals surface area (Å²) in [6, 6.07) is 1.36. The SMILES string of the molecule is C[C@@H]1CN(C(=O)Cn2cc(C(F)(F)F)ccc2=O)[C@@H](C)CO1. The highest BCUT2D eigenvalue weighted by Crippen LogP contribution is 2.28. The van der Waals surface area contributed by atoms with Gasteiger partial charge < -0.3 is 14.2 Å². The van der Waals surface area contributed by atoms with Crippen LogP contribution < -0.4 is 5.56 Å². The fourth-order valence-corrected chi connectivity index (χ4v) is 2.31. The lowest BCUT2D eigenvalue weighted by molar-refractivity contribution is -0.144. The average molecular weight is 318 g/mol. The van der Waals surface area contributed by atoms with Crippen molar-refractivity contribution in [2.75, 3.05) is 13.2 Å². The predicted molar refractivity (Wildman–Crippen MR) is 72.3 cm³/mol. The Morgan fingerprint density at radius 2 is 2.05 bits per heavy atom. The highest BCUT2D eigenvalue weighted by molar-refractivity contribution is 5.76. The second kappa shape index (κ2) is 6.12. The maximum atomic E-state index is 12.7. The number of rotatable bonds is 2. The molecule has 1 aliphatic heterocycles. The molecule has 1 aromatic heterocycles. The van der Waals surface area contributed by atoms with Crippen LogP contribution in [-0.2, 0) is 22.3 Å². The number of aromatic nitrogens is 1. The van der Waals surface area contributed by atoms with Crippen LogP contribution in [0.15, 0.2) is 23.1 Å². The van der Waals surface area contributed by atoms with Crippen LogP contribution in [0, 0.1) is 0 Å². The summed E-state index contributed by atoms with van der Waals surface area (Å²) >= 11 is 0. The lowest BCUT2D eigenvalue weighted by atomic mass is 10.2. The van der Waals surface area contributed by atoms with E-state index >= 15 is 0 Å². The molecule has 0 saturated carbocycles. The molecule has 0 N–H and O–H groups in total. The van der Waals surface area contributed by atoms with Gasteiger partial charge in [-0.15, -0.1) is 0 Å². The van der Waals surface area contributed by atoms with E-state index in [-0.39, 0.29) is 12.1 Å². The first-order chi connectivity index (χ1) is 10.2. The summed E-state index contributed by atoms with van der Waals surface area (Å²) in [5.41, 5.74) is -1.60. The Morgan fingerprint density at radius 3 is 2.68 bits per heavy atom. The second-order valence-corrected chi connectivity index (χ2v) is 5.42. The number of alkyl halides is 3. The molecule has 0 spiro atoms. The van der Waals surface area contributed by atoms with Gasteiger partial charge in [-0.3, -0.25) is 9.59 Å². The summed E-state index contributed by atoms with van der Waals surface area (Å²) in [7, 11) is 0. The van der Waals surface area contributed by atoms with Crippen molar-refractivity contribution in [2.45, 2.75) is 38.7 Å². The minimum atomic E-state index is -4.56. The van der Waals surface area contributed by atoms with E-state index in [4.69, 9.17) is 4.74 Å². The van der Waals surface area contributed by atoms with E-state index in [0.29, 0.717) is 25.4 Å². The Hall–Kier alpha value is -1.83. The van der Waals surface area contributed by atoms with E-state index in [2.05, 4.69) is 0 Å². The first-order valence-corrected chi connectivity index (χ1v) is 6.87. The fraction of sp³-hybridized carbons (Fsp3) is 0.571. The molecule has 122 valence electrons. The van der Waals surface area contributed by atoms with E-state index in [1.807, 2.05) is 6.92 Å². The standard InChI is InChI=1S/C14H17F3N2O3/c1-9-8-22-10(2)5-19(9)13(21)7-18-6-11(14(15,16)17)3-4-12(18)20/h3-4,6,9-10H,5,7-8H2,1-2H3/t9-,10+/m0/s1. The number of carbonyl (C=O) groups excluding carboxylic acids is 1. The Balaban J connectivity index is 2.19. The number of pyridine rings is 1. The van der Waals surface area contributed by atoms with Gasteiger partial charge in [0.15, 0.2) is 0 Å². The molecule has 8 heteroatoms. The van der Waals surface area contributed by atoms with Gasteiger partial charge in [-0.05, 0) is 19.9 Å². The molecule has 1 aliphatic rings. The summed E-state index contributed by atoms with van der Waals surface area (Å²) in [4.78, 5) is 25.5. The third-order valence-electron chi connectivity index (χ3n) is 3.54. The Kier molecular flexibility index (Phi) is 4.60. The molecule has 0 radical (unpaired) electrons. The molecular weight excluding hydrogens is 301 g/mol. The number of halogens is 3. The van der Waals surface area contributed by atoms with Crippen LogP contribution in [0.4, 0.5) is 13.2 Å². The molecule has 2 heterocycles. The number of nitrogens with zero attached hydrogens (tertiary/aromatic N) is 2. The van der Waals surface area contributed by atoms with E-state index in [1.165, 1.54) is 4.90 Å². The van der Waals surface area contributed by atoms with Gasteiger partial charge in [0.25, 0.3) is 5.56 Å². The van der Waals surface area contributed by atoms with Gasteiger partial charge in [0.05, 0.1) is 24.3 Å². The molecule has 1 fully saturated rings. The van der Waals surface area contributed by atoms with Crippen LogP contribution in [0.3, 0.4) is 0 Å². The van der Waals surface area contributed by atoms with Crippen molar-refractivity contribution >= 4 is 5.91 Å². The quantitative estimate of drug-likeness (QED) is 0.830. The maximum absolute atomic E-state index is 12.7. The van der Waals surface area contributed by atoms with Gasteiger partial charge >= 0.3 is 6.18 Å². The number of ether oxygens (including phenoxy) is 1. The van der Waals surface area contributed by atoms with Gasteiger partial charge in [-0.2, -0.15) is 13.2 Å². The van der Waals surface area contributed by atoms with Crippen LogP contribution in [0.1, 0.15) is 19.4 Å². The molecule has 0 unspecified atom stereocenters. The Labute approximate surface area is 125 Å². The molecule has 0 aromatic carbocycles. The normalized spacial score (nSPS) is 22.7. The second-order valence-electron chi connectivity index (χ2n) is 5.42. The first kappa shape index (κ1) is 16.5. The molecule has 1 aromatic rings. The largest absolute Gasteiger partial charge is 0.417 e. The summed E-state index contributed by atoms with van der Waals surface area (Å²) in [5, 5.41) is 0. The molecule has 2 rings (SSSR count). The third kappa shape index (κ3) is 3.68. The first-order valence-electron chi connectivity index (χ1n) is 6.87. The monoisotopic (exact) mass is 318 g/mol. The van der Waals surface area contributed by atoms with Gasteiger partial charge in [0, 0.05) is 18.8 Å². The van der Waals surface area contributed by atoms with Crippen molar-refractivity contribution in [2.24, 2.45) is 0 Å². The van der Waals surface area contributed by atoms with Gasteiger partial charge in [-0.25, -0.2) is 0 Å². The summed E-state index contributed by atoms with van der Waals surface area (Å²) < 4.78 is 44.2. The highest BCUT2D eigenvalue weighted by Gasteiger charge is 2.32. The van der Waals surface area contributed by atoms with Crippen molar-refractivity contribution in [1.82, 2.24) is 9.47 Å². The molecule has 0 bridgehead atoms. The van der Waals surface area contributed by atoms with Crippen molar-refractivity contribution < 1.29 is 22.7 Å². The molecule has 5 nitrogen and oxygen atoms in total. The topological polar surface area (TPSA) is 51.5 Å². The van der Waals surface area contributed by atoms with Crippen molar-refractivity contribution in [1.29, 1.82) is 0 Å². The van der Waals surface area contributed by atoms with Crippen LogP contribution >= 0.6 is 0 Å². The number of hydrogen-bond donors (Lipinski definition) is 0. The van der Waals surface area contributed by atoms with E-state index in [1.54, 1.807) is 6.92 Å². The third-order valence-corrected chi connectivity index (χ3v) is 3.54. The van der Waals surface area contributed by atoms with E-state index < -0.39 is 29.8 Å². The lowest BCUT2D eigenvalue weighted by Crippen LogP contribution is -2.51. The average Bonchev–Trinajstić information content (AvgIpc) is 2.42. The minimum absolute atomic E-state index is 0.140. The van der Waals surface area contributed by atoms with E-state index in [9.17, 15) is 22.8 Å². The molecule has 0 aliphatic carbocycles. The smallest absolute Gasteiger partial charge is 0.375 e. The van der Waals surface area contributed by atoms with Gasteiger partial charge in [0.2, 0.25) is 5.91 Å². The molecule has 2 atom stereocenters. The summed E-state index contributed by atoms with van der Waals surface area (Å²) in [6.45, 7) is 3.90. The maximum Gasteiger partial charge on any atom is 0.417 e. The lowest BCUT2D eigenvalue weighted by Gasteiger charge is -2.37. The molecule has 1 amide bonds. The zero-order chi connectivity index (χ0) is 16.5. The number of hydrogen-bond acceptors (Lipinski definition) is 3. The van der Waals surface area contributed by atoms with Gasteiger partial charge in [-0.1, -0.05) is 0 Å². The van der Waals surface area contributed by atoms with E-state index in [0.717, 1.165) is 10.6 Å². The Morgan fingerprint density at radius 1 is 1.36 bits per heavy atom. The van der Waals surface area contributed by atoms with Gasteiger partial charge in [0.1, 0.15) is 6.54 Å². The van der Waals surface area contributed by atoms with Crippen LogP contribution in [0.25, 0.3) is 0 Å². The molecule has 1 saturated heterocycles. The molecular formula is C14H17F3N2O3. The number of morpholine rings is 1. The number of carbonyl (C=O) groups is 1. The van der Waals surface area contributed by atoms with Crippen LogP contribution in [0.5, 0.6) is 0 Å². The van der Waals surface area contributed by atoms with Crippen molar-refractivity contribution in [3.63, 3.8) is 0 Å².